The van der Waals surface area contributed by atoms with Crippen LogP contribution in [0.15, 0.2) is 24.4 Å². The second-order valence-electron chi connectivity index (χ2n) is 3.58. The van der Waals surface area contributed by atoms with Crippen LogP contribution in [0.25, 0.3) is 10.9 Å². The van der Waals surface area contributed by atoms with Gasteiger partial charge >= 0.3 is 0 Å². The number of hydrogen-bond acceptors (Lipinski definition) is 2. The number of rotatable bonds is 2. The molecule has 0 aliphatic rings. The second kappa shape index (κ2) is 3.44. The lowest BCUT2D eigenvalue weighted by Gasteiger charge is -2.06. The first-order valence-electron chi connectivity index (χ1n) is 4.76. The van der Waals surface area contributed by atoms with Crippen LogP contribution in [-0.4, -0.2) is 11.5 Å². The third-order valence-electron chi connectivity index (χ3n) is 2.61. The average Bonchev–Trinajstić information content (AvgIpc) is 2.62. The van der Waals surface area contributed by atoms with Crippen LogP contribution in [0.3, 0.4) is 0 Å². The molecular formula is C11H15N3. The normalized spacial score (nSPS) is 13.4. The van der Waals surface area contributed by atoms with Gasteiger partial charge in [0.1, 0.15) is 0 Å². The molecule has 2 rings (SSSR count). The molecule has 0 aliphatic heterocycles. The van der Waals surface area contributed by atoms with E-state index in [0.29, 0.717) is 6.54 Å². The zero-order valence-corrected chi connectivity index (χ0v) is 8.25. The highest BCUT2D eigenvalue weighted by molar-refractivity contribution is 5.86. The van der Waals surface area contributed by atoms with Crippen LogP contribution in [0.2, 0.25) is 0 Å². The molecule has 3 nitrogen and oxygen atoms in total. The smallest absolute Gasteiger partial charge is 0.0487 e. The molecule has 2 aromatic rings. The van der Waals surface area contributed by atoms with Crippen molar-refractivity contribution in [1.29, 1.82) is 0 Å². The van der Waals surface area contributed by atoms with Crippen molar-refractivity contribution in [3.8, 4) is 0 Å². The van der Waals surface area contributed by atoms with Crippen molar-refractivity contribution in [1.82, 2.24) is 4.98 Å². The molecule has 0 amide bonds. The summed E-state index contributed by atoms with van der Waals surface area (Å²) in [6.45, 7) is 2.55. The van der Waals surface area contributed by atoms with Gasteiger partial charge in [-0.1, -0.05) is 18.2 Å². The maximum Gasteiger partial charge on any atom is 0.0487 e. The summed E-state index contributed by atoms with van der Waals surface area (Å²) < 4.78 is 0. The first-order valence-corrected chi connectivity index (χ1v) is 4.76. The molecule has 0 spiro atoms. The summed E-state index contributed by atoms with van der Waals surface area (Å²) >= 11 is 0. The van der Waals surface area contributed by atoms with E-state index in [-0.39, 0.29) is 6.04 Å². The van der Waals surface area contributed by atoms with Crippen LogP contribution in [0, 0.1) is 6.92 Å². The van der Waals surface area contributed by atoms with E-state index >= 15 is 0 Å². The van der Waals surface area contributed by atoms with E-state index in [0.717, 1.165) is 11.1 Å². The van der Waals surface area contributed by atoms with Crippen LogP contribution in [0.5, 0.6) is 0 Å². The summed E-state index contributed by atoms with van der Waals surface area (Å²) in [4.78, 5) is 3.24. The predicted octanol–water partition coefficient (Wildman–Crippen LogP) is 1.43. The predicted molar refractivity (Wildman–Crippen MR) is 59.0 cm³/mol. The topological polar surface area (TPSA) is 67.8 Å². The minimum absolute atomic E-state index is 0.0782. The van der Waals surface area contributed by atoms with Crippen molar-refractivity contribution >= 4 is 10.9 Å². The second-order valence-corrected chi connectivity index (χ2v) is 3.58. The Hall–Kier alpha value is -1.32. The standard InChI is InChI=1S/C11H15N3/c1-7-3-2-4-8-9(10(13)5-12)6-14-11(7)8/h2-4,6,10,14H,5,12-13H2,1H3/t10-/m0/s1. The Bertz CT molecular complexity index is 445. The molecule has 3 heteroatoms. The Morgan fingerprint density at radius 1 is 1.43 bits per heavy atom. The molecule has 1 aromatic heterocycles. The number of nitrogens with one attached hydrogen (secondary N) is 1. The van der Waals surface area contributed by atoms with Gasteiger partial charge in [-0.2, -0.15) is 0 Å². The van der Waals surface area contributed by atoms with Crippen molar-refractivity contribution in [2.45, 2.75) is 13.0 Å². The van der Waals surface area contributed by atoms with Gasteiger partial charge in [-0.05, 0) is 18.1 Å². The molecule has 0 aliphatic carbocycles. The monoisotopic (exact) mass is 189 g/mol. The molecule has 0 radical (unpaired) electrons. The van der Waals surface area contributed by atoms with Gasteiger partial charge < -0.3 is 16.5 Å². The summed E-state index contributed by atoms with van der Waals surface area (Å²) in [5, 5.41) is 1.18. The number of fused-ring (bicyclic) bond motifs is 1. The number of nitrogens with two attached hydrogens (primary N) is 2. The minimum atomic E-state index is -0.0782. The number of aryl methyl sites for hydroxylation is 1. The van der Waals surface area contributed by atoms with Gasteiger partial charge in [-0.15, -0.1) is 0 Å². The minimum Gasteiger partial charge on any atom is -0.361 e. The molecule has 5 N–H and O–H groups in total. The molecule has 0 saturated carbocycles. The Kier molecular flexibility index (Phi) is 2.27. The van der Waals surface area contributed by atoms with Crippen LogP contribution in [-0.2, 0) is 0 Å². The SMILES string of the molecule is Cc1cccc2c([C@@H](N)CN)c[nH]c12. The van der Waals surface area contributed by atoms with Gasteiger partial charge in [0.15, 0.2) is 0 Å². The number of aromatic nitrogens is 1. The lowest BCUT2D eigenvalue weighted by atomic mass is 10.1. The van der Waals surface area contributed by atoms with Gasteiger partial charge in [-0.25, -0.2) is 0 Å². The van der Waals surface area contributed by atoms with Crippen LogP contribution in [0.1, 0.15) is 17.2 Å². The first kappa shape index (κ1) is 9.24. The fourth-order valence-corrected chi connectivity index (χ4v) is 1.76. The largest absolute Gasteiger partial charge is 0.361 e. The summed E-state index contributed by atoms with van der Waals surface area (Å²) in [6.07, 6.45) is 1.95. The van der Waals surface area contributed by atoms with E-state index in [9.17, 15) is 0 Å². The quantitative estimate of drug-likeness (QED) is 0.669. The lowest BCUT2D eigenvalue weighted by molar-refractivity contribution is 0.743. The van der Waals surface area contributed by atoms with Crippen molar-refractivity contribution in [3.05, 3.63) is 35.5 Å². The fourth-order valence-electron chi connectivity index (χ4n) is 1.76. The number of para-hydroxylation sites is 1. The molecule has 74 valence electrons. The summed E-state index contributed by atoms with van der Waals surface area (Å²) in [7, 11) is 0. The maximum absolute atomic E-state index is 5.91. The van der Waals surface area contributed by atoms with Gasteiger partial charge in [0.2, 0.25) is 0 Å². The van der Waals surface area contributed by atoms with E-state index in [2.05, 4.69) is 24.0 Å². The lowest BCUT2D eigenvalue weighted by Crippen LogP contribution is -2.20. The van der Waals surface area contributed by atoms with Crippen molar-refractivity contribution in [2.24, 2.45) is 11.5 Å². The van der Waals surface area contributed by atoms with E-state index in [4.69, 9.17) is 11.5 Å². The summed E-state index contributed by atoms with van der Waals surface area (Å²) in [5.74, 6) is 0. The zero-order chi connectivity index (χ0) is 10.1. The van der Waals surface area contributed by atoms with Gasteiger partial charge in [0.05, 0.1) is 0 Å². The Morgan fingerprint density at radius 2 is 2.21 bits per heavy atom. The third kappa shape index (κ3) is 1.31. The Balaban J connectivity index is 2.63. The van der Waals surface area contributed by atoms with Gasteiger partial charge in [0.25, 0.3) is 0 Å². The zero-order valence-electron chi connectivity index (χ0n) is 8.25. The molecule has 0 saturated heterocycles. The van der Waals surface area contributed by atoms with Crippen molar-refractivity contribution in [3.63, 3.8) is 0 Å². The van der Waals surface area contributed by atoms with E-state index in [1.165, 1.54) is 10.9 Å². The van der Waals surface area contributed by atoms with Gasteiger partial charge in [-0.3, -0.25) is 0 Å². The van der Waals surface area contributed by atoms with E-state index in [1.807, 2.05) is 12.3 Å². The van der Waals surface area contributed by atoms with Gasteiger partial charge in [0, 0.05) is 29.7 Å². The van der Waals surface area contributed by atoms with E-state index in [1.54, 1.807) is 0 Å². The molecule has 0 fully saturated rings. The fraction of sp³-hybridized carbons (Fsp3) is 0.273. The van der Waals surface area contributed by atoms with Crippen LogP contribution >= 0.6 is 0 Å². The molecule has 1 heterocycles. The third-order valence-corrected chi connectivity index (χ3v) is 2.61. The summed E-state index contributed by atoms with van der Waals surface area (Å²) in [6, 6.07) is 6.11. The molecule has 1 atom stereocenters. The highest BCUT2D eigenvalue weighted by Crippen LogP contribution is 2.24. The number of aromatic amines is 1. The highest BCUT2D eigenvalue weighted by Gasteiger charge is 2.10. The highest BCUT2D eigenvalue weighted by atomic mass is 14.8. The molecule has 0 unspecified atom stereocenters. The first-order chi connectivity index (χ1) is 6.74. The Morgan fingerprint density at radius 3 is 2.93 bits per heavy atom. The number of hydrogen-bond donors (Lipinski definition) is 3. The molecule has 1 aromatic carbocycles. The number of benzene rings is 1. The molecule has 14 heavy (non-hydrogen) atoms. The average molecular weight is 189 g/mol. The summed E-state index contributed by atoms with van der Waals surface area (Å²) in [5.41, 5.74) is 15.0. The molecule has 0 bridgehead atoms. The van der Waals surface area contributed by atoms with Crippen molar-refractivity contribution in [2.75, 3.05) is 6.54 Å². The Labute approximate surface area is 83.1 Å². The van der Waals surface area contributed by atoms with Crippen LogP contribution in [0.4, 0.5) is 0 Å². The maximum atomic E-state index is 5.91. The van der Waals surface area contributed by atoms with Crippen molar-refractivity contribution < 1.29 is 0 Å². The van der Waals surface area contributed by atoms with E-state index < -0.39 is 0 Å². The van der Waals surface area contributed by atoms with Crippen LogP contribution < -0.4 is 11.5 Å². The number of H-pyrrole nitrogens is 1. The molecular weight excluding hydrogens is 174 g/mol.